The molecule has 1 aliphatic rings. The van der Waals surface area contributed by atoms with Gasteiger partial charge < -0.3 is 10.6 Å². The summed E-state index contributed by atoms with van der Waals surface area (Å²) in [7, 11) is 1.88. The Morgan fingerprint density at radius 3 is 2.64 bits per heavy atom. The van der Waals surface area contributed by atoms with Gasteiger partial charge in [-0.3, -0.25) is 4.79 Å². The highest BCUT2D eigenvalue weighted by Gasteiger charge is 2.28. The Morgan fingerprint density at radius 2 is 2.21 bits per heavy atom. The molecule has 0 saturated carbocycles. The molecule has 1 saturated heterocycles. The molecule has 0 radical (unpaired) electrons. The average molecular weight is 216 g/mol. The fourth-order valence-corrected chi connectivity index (χ4v) is 2.80. The second kappa shape index (κ2) is 5.03. The van der Waals surface area contributed by atoms with Crippen molar-refractivity contribution in [3.8, 4) is 0 Å². The third-order valence-corrected chi connectivity index (χ3v) is 3.95. The number of hydrogen-bond acceptors (Lipinski definition) is 3. The summed E-state index contributed by atoms with van der Waals surface area (Å²) in [6, 6.07) is 0.0582. The summed E-state index contributed by atoms with van der Waals surface area (Å²) in [5.74, 6) is 2.54. The lowest BCUT2D eigenvalue weighted by Crippen LogP contribution is -2.48. The quantitative estimate of drug-likeness (QED) is 0.763. The van der Waals surface area contributed by atoms with Gasteiger partial charge in [-0.25, -0.2) is 0 Å². The fourth-order valence-electron chi connectivity index (χ4n) is 1.53. The number of nitrogens with zero attached hydrogens (tertiary/aromatic N) is 1. The monoisotopic (exact) mass is 216 g/mol. The lowest BCUT2D eigenvalue weighted by molar-refractivity contribution is -0.133. The zero-order chi connectivity index (χ0) is 10.7. The molecular weight excluding hydrogens is 196 g/mol. The molecule has 82 valence electrons. The topological polar surface area (TPSA) is 46.3 Å². The number of nitrogens with two attached hydrogens (primary N) is 1. The highest BCUT2D eigenvalue weighted by molar-refractivity contribution is 7.99. The van der Waals surface area contributed by atoms with Gasteiger partial charge in [-0.1, -0.05) is 13.8 Å². The van der Waals surface area contributed by atoms with Crippen LogP contribution in [0.15, 0.2) is 0 Å². The minimum atomic E-state index is -0.342. The number of carbonyl (C=O) groups is 1. The molecule has 1 fully saturated rings. The number of rotatable bonds is 3. The average Bonchev–Trinajstić information content (AvgIpc) is 2.67. The molecule has 1 amide bonds. The zero-order valence-corrected chi connectivity index (χ0v) is 10.0. The van der Waals surface area contributed by atoms with Gasteiger partial charge in [-0.15, -0.1) is 0 Å². The maximum atomic E-state index is 11.9. The lowest BCUT2D eigenvalue weighted by atomic mass is 10.0. The van der Waals surface area contributed by atoms with E-state index in [0.29, 0.717) is 6.04 Å². The SMILES string of the molecule is CC(C)[C@@H](N)C(=O)N(C)C1CCSC1. The third-order valence-electron chi connectivity index (χ3n) is 2.80. The highest BCUT2D eigenvalue weighted by Crippen LogP contribution is 2.22. The molecule has 0 aromatic rings. The van der Waals surface area contributed by atoms with Crippen molar-refractivity contribution >= 4 is 17.7 Å². The Bertz CT molecular complexity index is 202. The Kier molecular flexibility index (Phi) is 4.26. The number of thioether (sulfide) groups is 1. The maximum absolute atomic E-state index is 11.9. The van der Waals surface area contributed by atoms with Crippen LogP contribution in [0.1, 0.15) is 20.3 Å². The predicted octanol–water partition coefficient (Wildman–Crippen LogP) is 0.934. The van der Waals surface area contributed by atoms with Gasteiger partial charge in [-0.05, 0) is 18.1 Å². The van der Waals surface area contributed by atoms with Crippen LogP contribution >= 0.6 is 11.8 Å². The fraction of sp³-hybridized carbons (Fsp3) is 0.900. The second-order valence-corrected chi connectivity index (χ2v) is 5.39. The lowest BCUT2D eigenvalue weighted by Gasteiger charge is -2.28. The third kappa shape index (κ3) is 2.64. The van der Waals surface area contributed by atoms with E-state index < -0.39 is 0 Å². The van der Waals surface area contributed by atoms with E-state index in [2.05, 4.69) is 0 Å². The van der Waals surface area contributed by atoms with Crippen molar-refractivity contribution in [3.63, 3.8) is 0 Å². The van der Waals surface area contributed by atoms with Crippen LogP contribution < -0.4 is 5.73 Å². The van der Waals surface area contributed by atoms with Gasteiger partial charge in [0.05, 0.1) is 6.04 Å². The van der Waals surface area contributed by atoms with Crippen LogP contribution in [0.25, 0.3) is 0 Å². The summed E-state index contributed by atoms with van der Waals surface area (Å²) in [6.07, 6.45) is 1.11. The van der Waals surface area contributed by atoms with E-state index in [1.807, 2.05) is 37.6 Å². The molecular formula is C10H20N2OS. The largest absolute Gasteiger partial charge is 0.341 e. The maximum Gasteiger partial charge on any atom is 0.239 e. The first-order valence-electron chi connectivity index (χ1n) is 5.14. The van der Waals surface area contributed by atoms with Gasteiger partial charge in [0.1, 0.15) is 0 Å². The molecule has 2 N–H and O–H groups in total. The Balaban J connectivity index is 2.50. The van der Waals surface area contributed by atoms with Crippen LogP contribution in [-0.4, -0.2) is 41.4 Å². The number of likely N-dealkylation sites (N-methyl/N-ethyl adjacent to an activating group) is 1. The van der Waals surface area contributed by atoms with E-state index >= 15 is 0 Å². The van der Waals surface area contributed by atoms with Crippen LogP contribution in [0, 0.1) is 5.92 Å². The summed E-state index contributed by atoms with van der Waals surface area (Å²) < 4.78 is 0. The van der Waals surface area contributed by atoms with Gasteiger partial charge in [0.25, 0.3) is 0 Å². The van der Waals surface area contributed by atoms with E-state index in [1.165, 1.54) is 5.75 Å². The molecule has 1 rings (SSSR count). The molecule has 0 spiro atoms. The van der Waals surface area contributed by atoms with Crippen LogP contribution in [0.2, 0.25) is 0 Å². The van der Waals surface area contributed by atoms with Crippen molar-refractivity contribution < 1.29 is 4.79 Å². The number of amides is 1. The van der Waals surface area contributed by atoms with E-state index in [9.17, 15) is 4.79 Å². The smallest absolute Gasteiger partial charge is 0.239 e. The molecule has 2 atom stereocenters. The van der Waals surface area contributed by atoms with E-state index in [0.717, 1.165) is 12.2 Å². The summed E-state index contributed by atoms with van der Waals surface area (Å²) >= 11 is 1.91. The van der Waals surface area contributed by atoms with Crippen molar-refractivity contribution in [1.82, 2.24) is 4.90 Å². The number of carbonyl (C=O) groups excluding carboxylic acids is 1. The first-order chi connectivity index (χ1) is 6.54. The van der Waals surface area contributed by atoms with Crippen LogP contribution in [-0.2, 0) is 4.79 Å². The number of hydrogen-bond donors (Lipinski definition) is 1. The van der Waals surface area contributed by atoms with Crippen molar-refractivity contribution in [1.29, 1.82) is 0 Å². The van der Waals surface area contributed by atoms with Gasteiger partial charge in [0, 0.05) is 18.8 Å². The van der Waals surface area contributed by atoms with Crippen LogP contribution in [0.4, 0.5) is 0 Å². The molecule has 3 nitrogen and oxygen atoms in total. The van der Waals surface area contributed by atoms with Gasteiger partial charge in [-0.2, -0.15) is 11.8 Å². The molecule has 0 bridgehead atoms. The van der Waals surface area contributed by atoms with E-state index in [4.69, 9.17) is 5.73 Å². The molecule has 14 heavy (non-hydrogen) atoms. The minimum absolute atomic E-state index is 0.0903. The molecule has 0 aromatic carbocycles. The molecule has 1 unspecified atom stereocenters. The molecule has 0 aliphatic carbocycles. The van der Waals surface area contributed by atoms with Crippen LogP contribution in [0.5, 0.6) is 0 Å². The summed E-state index contributed by atoms with van der Waals surface area (Å²) in [5.41, 5.74) is 5.83. The summed E-state index contributed by atoms with van der Waals surface area (Å²) in [6.45, 7) is 3.97. The van der Waals surface area contributed by atoms with Crippen molar-refractivity contribution in [2.45, 2.75) is 32.4 Å². The zero-order valence-electron chi connectivity index (χ0n) is 9.19. The van der Waals surface area contributed by atoms with Crippen molar-refractivity contribution in [2.24, 2.45) is 11.7 Å². The van der Waals surface area contributed by atoms with Gasteiger partial charge >= 0.3 is 0 Å². The second-order valence-electron chi connectivity index (χ2n) is 4.24. The highest BCUT2D eigenvalue weighted by atomic mass is 32.2. The van der Waals surface area contributed by atoms with Crippen LogP contribution in [0.3, 0.4) is 0 Å². The Hall–Kier alpha value is -0.220. The first-order valence-corrected chi connectivity index (χ1v) is 6.29. The normalized spacial score (nSPS) is 23.9. The van der Waals surface area contributed by atoms with E-state index in [-0.39, 0.29) is 17.9 Å². The minimum Gasteiger partial charge on any atom is -0.341 e. The summed E-state index contributed by atoms with van der Waals surface area (Å²) in [5, 5.41) is 0. The first kappa shape index (κ1) is 11.9. The van der Waals surface area contributed by atoms with Crippen molar-refractivity contribution in [2.75, 3.05) is 18.6 Å². The van der Waals surface area contributed by atoms with Gasteiger partial charge in [0.15, 0.2) is 0 Å². The molecule has 4 heteroatoms. The molecule has 1 aliphatic heterocycles. The Morgan fingerprint density at radius 1 is 1.57 bits per heavy atom. The Labute approximate surface area is 90.4 Å². The van der Waals surface area contributed by atoms with E-state index in [1.54, 1.807) is 0 Å². The van der Waals surface area contributed by atoms with Gasteiger partial charge in [0.2, 0.25) is 5.91 Å². The summed E-state index contributed by atoms with van der Waals surface area (Å²) in [4.78, 5) is 13.7. The molecule has 0 aromatic heterocycles. The predicted molar refractivity (Wildman–Crippen MR) is 61.3 cm³/mol. The van der Waals surface area contributed by atoms with Crippen molar-refractivity contribution in [3.05, 3.63) is 0 Å². The molecule has 1 heterocycles. The standard InChI is InChI=1S/C10H20N2OS/c1-7(2)9(11)10(13)12(3)8-4-5-14-6-8/h7-9H,4-6,11H2,1-3H3/t8?,9-/m1/s1.